The smallest absolute Gasteiger partial charge is 0.239 e. The van der Waals surface area contributed by atoms with Gasteiger partial charge in [-0.2, -0.15) is 0 Å². The van der Waals surface area contributed by atoms with Crippen LogP contribution < -0.4 is 5.73 Å². The lowest BCUT2D eigenvalue weighted by molar-refractivity contribution is -0.138. The number of piperidine rings is 1. The van der Waals surface area contributed by atoms with Crippen molar-refractivity contribution in [2.24, 2.45) is 5.73 Å². The molecule has 1 amide bonds. The number of rotatable bonds is 3. The number of β-amino-alcohol motifs (C(OH)–C–C–N with tert-alkyl or cyclic N) is 1. The maximum absolute atomic E-state index is 12.3. The number of likely N-dealkylation sites (tertiary alicyclic amines) is 1. The minimum absolute atomic E-state index is 0.0659. The van der Waals surface area contributed by atoms with E-state index in [4.69, 9.17) is 5.73 Å². The molecule has 4 heteroatoms. The Morgan fingerprint density at radius 2 is 2.16 bits per heavy atom. The third kappa shape index (κ3) is 3.78. The van der Waals surface area contributed by atoms with Crippen molar-refractivity contribution in [2.75, 3.05) is 13.1 Å². The second-order valence-electron chi connectivity index (χ2n) is 5.66. The summed E-state index contributed by atoms with van der Waals surface area (Å²) in [5, 5.41) is 10.0. The highest BCUT2D eigenvalue weighted by atomic mass is 16.3. The highest BCUT2D eigenvalue weighted by molar-refractivity contribution is 5.82. The van der Waals surface area contributed by atoms with Crippen molar-refractivity contribution in [1.29, 1.82) is 0 Å². The molecule has 1 aromatic rings. The average Bonchev–Trinajstić information content (AvgIpc) is 2.38. The lowest BCUT2D eigenvalue weighted by Crippen LogP contribution is -2.53. The molecule has 0 aliphatic carbocycles. The van der Waals surface area contributed by atoms with E-state index in [1.165, 1.54) is 0 Å². The summed E-state index contributed by atoms with van der Waals surface area (Å²) in [5.74, 6) is -0.0659. The predicted octanol–water partition coefficient (Wildman–Crippen LogP) is 0.930. The lowest BCUT2D eigenvalue weighted by atomic mass is 9.94. The van der Waals surface area contributed by atoms with Crippen LogP contribution in [-0.2, 0) is 11.2 Å². The zero-order valence-corrected chi connectivity index (χ0v) is 11.4. The van der Waals surface area contributed by atoms with Crippen molar-refractivity contribution in [2.45, 2.75) is 37.8 Å². The first-order valence-corrected chi connectivity index (χ1v) is 6.79. The number of carbonyl (C=O) groups is 1. The molecule has 1 fully saturated rings. The standard InChI is InChI=1S/C15H22N2O2/c1-15(19)8-5-9-17(11-15)14(18)13(16)10-12-6-3-2-4-7-12/h2-4,6-7,13,19H,5,8-11,16H2,1H3. The number of aliphatic hydroxyl groups is 1. The molecule has 1 aliphatic heterocycles. The van der Waals surface area contributed by atoms with Crippen molar-refractivity contribution in [3.8, 4) is 0 Å². The number of benzene rings is 1. The second kappa shape index (κ2) is 5.72. The SMILES string of the molecule is CC1(O)CCCN(C(=O)C(N)Cc2ccccc2)C1. The van der Waals surface area contributed by atoms with Crippen LogP contribution in [0.25, 0.3) is 0 Å². The number of hydrogen-bond acceptors (Lipinski definition) is 3. The van der Waals surface area contributed by atoms with E-state index in [1.54, 1.807) is 11.8 Å². The highest BCUT2D eigenvalue weighted by Gasteiger charge is 2.32. The Hall–Kier alpha value is -1.39. The maximum Gasteiger partial charge on any atom is 0.239 e. The van der Waals surface area contributed by atoms with Gasteiger partial charge in [-0.25, -0.2) is 0 Å². The van der Waals surface area contributed by atoms with Crippen molar-refractivity contribution >= 4 is 5.91 Å². The van der Waals surface area contributed by atoms with Crippen LogP contribution in [0.15, 0.2) is 30.3 Å². The third-order valence-corrected chi connectivity index (χ3v) is 3.60. The quantitative estimate of drug-likeness (QED) is 0.851. The van der Waals surface area contributed by atoms with E-state index in [1.807, 2.05) is 30.3 Å². The van der Waals surface area contributed by atoms with Gasteiger partial charge in [0, 0.05) is 13.1 Å². The Kier molecular flexibility index (Phi) is 4.22. The summed E-state index contributed by atoms with van der Waals surface area (Å²) in [6.07, 6.45) is 2.11. The highest BCUT2D eigenvalue weighted by Crippen LogP contribution is 2.20. The fraction of sp³-hybridized carbons (Fsp3) is 0.533. The van der Waals surface area contributed by atoms with E-state index in [2.05, 4.69) is 0 Å². The van der Waals surface area contributed by atoms with Gasteiger partial charge in [-0.1, -0.05) is 30.3 Å². The van der Waals surface area contributed by atoms with Crippen molar-refractivity contribution in [3.63, 3.8) is 0 Å². The van der Waals surface area contributed by atoms with Gasteiger partial charge in [0.15, 0.2) is 0 Å². The van der Waals surface area contributed by atoms with Crippen LogP contribution in [0.4, 0.5) is 0 Å². The van der Waals surface area contributed by atoms with E-state index >= 15 is 0 Å². The summed E-state index contributed by atoms with van der Waals surface area (Å²) >= 11 is 0. The van der Waals surface area contributed by atoms with Gasteiger partial charge in [-0.05, 0) is 31.7 Å². The van der Waals surface area contributed by atoms with Crippen molar-refractivity contribution < 1.29 is 9.90 Å². The van der Waals surface area contributed by atoms with Gasteiger partial charge >= 0.3 is 0 Å². The van der Waals surface area contributed by atoms with E-state index in [-0.39, 0.29) is 5.91 Å². The first-order chi connectivity index (χ1) is 8.98. The molecule has 1 heterocycles. The van der Waals surface area contributed by atoms with E-state index in [0.29, 0.717) is 19.5 Å². The first-order valence-electron chi connectivity index (χ1n) is 6.79. The molecule has 0 radical (unpaired) electrons. The molecule has 4 nitrogen and oxygen atoms in total. The van der Waals surface area contributed by atoms with Crippen LogP contribution in [-0.4, -0.2) is 40.6 Å². The van der Waals surface area contributed by atoms with Gasteiger partial charge in [0.05, 0.1) is 11.6 Å². The normalized spacial score (nSPS) is 25.1. The average molecular weight is 262 g/mol. The minimum atomic E-state index is -0.777. The molecule has 0 aromatic heterocycles. The first kappa shape index (κ1) is 14.0. The Labute approximate surface area is 114 Å². The third-order valence-electron chi connectivity index (χ3n) is 3.60. The molecule has 1 saturated heterocycles. The van der Waals surface area contributed by atoms with Crippen LogP contribution in [0.5, 0.6) is 0 Å². The number of nitrogens with two attached hydrogens (primary N) is 1. The summed E-state index contributed by atoms with van der Waals surface area (Å²) < 4.78 is 0. The monoisotopic (exact) mass is 262 g/mol. The number of carbonyl (C=O) groups excluding carboxylic acids is 1. The van der Waals surface area contributed by atoms with Gasteiger partial charge < -0.3 is 15.7 Å². The van der Waals surface area contributed by atoms with E-state index < -0.39 is 11.6 Å². The molecule has 2 atom stereocenters. The molecule has 0 bridgehead atoms. The Morgan fingerprint density at radius 1 is 1.47 bits per heavy atom. The Bertz CT molecular complexity index is 431. The van der Waals surface area contributed by atoms with Gasteiger partial charge in [0.2, 0.25) is 5.91 Å². The fourth-order valence-corrected chi connectivity index (χ4v) is 2.60. The Balaban J connectivity index is 1.95. The van der Waals surface area contributed by atoms with Gasteiger partial charge in [0.25, 0.3) is 0 Å². The Morgan fingerprint density at radius 3 is 2.79 bits per heavy atom. The van der Waals surface area contributed by atoms with Crippen LogP contribution in [0, 0.1) is 0 Å². The summed E-state index contributed by atoms with van der Waals surface area (Å²) in [4.78, 5) is 14.0. The van der Waals surface area contributed by atoms with Gasteiger partial charge in [-0.15, -0.1) is 0 Å². The molecular formula is C15H22N2O2. The summed E-state index contributed by atoms with van der Waals surface area (Å²) in [5.41, 5.74) is 6.28. The van der Waals surface area contributed by atoms with Crippen LogP contribution in [0.3, 0.4) is 0 Å². The van der Waals surface area contributed by atoms with Crippen LogP contribution in [0.1, 0.15) is 25.3 Å². The largest absolute Gasteiger partial charge is 0.388 e. The fourth-order valence-electron chi connectivity index (χ4n) is 2.60. The molecule has 2 rings (SSSR count). The molecule has 19 heavy (non-hydrogen) atoms. The molecule has 1 aromatic carbocycles. The van der Waals surface area contributed by atoms with Crippen LogP contribution >= 0.6 is 0 Å². The van der Waals surface area contributed by atoms with Crippen molar-refractivity contribution in [3.05, 3.63) is 35.9 Å². The minimum Gasteiger partial charge on any atom is -0.388 e. The van der Waals surface area contributed by atoms with Crippen molar-refractivity contribution in [1.82, 2.24) is 4.90 Å². The molecule has 104 valence electrons. The van der Waals surface area contributed by atoms with E-state index in [9.17, 15) is 9.90 Å². The molecule has 1 aliphatic rings. The summed E-state index contributed by atoms with van der Waals surface area (Å²) in [6.45, 7) is 2.85. The zero-order chi connectivity index (χ0) is 13.9. The predicted molar refractivity (Wildman–Crippen MR) is 74.6 cm³/mol. The summed E-state index contributed by atoms with van der Waals surface area (Å²) in [6, 6.07) is 9.24. The molecular weight excluding hydrogens is 240 g/mol. The molecule has 2 unspecified atom stereocenters. The maximum atomic E-state index is 12.3. The second-order valence-corrected chi connectivity index (χ2v) is 5.66. The van der Waals surface area contributed by atoms with Gasteiger partial charge in [0.1, 0.15) is 0 Å². The summed E-state index contributed by atoms with van der Waals surface area (Å²) in [7, 11) is 0. The molecule has 0 spiro atoms. The number of hydrogen-bond donors (Lipinski definition) is 2. The molecule has 3 N–H and O–H groups in total. The van der Waals surface area contributed by atoms with Gasteiger partial charge in [-0.3, -0.25) is 4.79 Å². The lowest BCUT2D eigenvalue weighted by Gasteiger charge is -2.37. The molecule has 0 saturated carbocycles. The van der Waals surface area contributed by atoms with E-state index in [0.717, 1.165) is 18.4 Å². The number of nitrogens with zero attached hydrogens (tertiary/aromatic N) is 1. The number of amides is 1. The topological polar surface area (TPSA) is 66.6 Å². The van der Waals surface area contributed by atoms with Crippen LogP contribution in [0.2, 0.25) is 0 Å². The zero-order valence-electron chi connectivity index (χ0n) is 11.4.